The van der Waals surface area contributed by atoms with E-state index in [2.05, 4.69) is 10.1 Å². The lowest BCUT2D eigenvalue weighted by Crippen LogP contribution is -2.36. The summed E-state index contributed by atoms with van der Waals surface area (Å²) in [6.07, 6.45) is 2.41. The van der Waals surface area contributed by atoms with Crippen LogP contribution in [0.15, 0.2) is 28.7 Å². The molecule has 1 fully saturated rings. The van der Waals surface area contributed by atoms with Crippen LogP contribution < -0.4 is 4.90 Å². The third kappa shape index (κ3) is 2.71. The number of nitro groups is 1. The minimum absolute atomic E-state index is 0.107. The second-order valence-corrected chi connectivity index (χ2v) is 6.66. The van der Waals surface area contributed by atoms with Gasteiger partial charge < -0.3 is 9.32 Å². The molecular weight excluding hydrogens is 334 g/mol. The molecule has 26 heavy (non-hydrogen) atoms. The molecule has 0 aliphatic carbocycles. The summed E-state index contributed by atoms with van der Waals surface area (Å²) in [6.45, 7) is 3.28. The predicted octanol–water partition coefficient (Wildman–Crippen LogP) is 3.42. The first-order valence-corrected chi connectivity index (χ1v) is 8.89. The molecule has 1 aromatic carbocycles. The number of hydrogen-bond acceptors (Lipinski definition) is 6. The summed E-state index contributed by atoms with van der Waals surface area (Å²) >= 11 is 0. The summed E-state index contributed by atoms with van der Waals surface area (Å²) in [6, 6.07) is 7.71. The van der Waals surface area contributed by atoms with Crippen LogP contribution >= 0.6 is 0 Å². The highest BCUT2D eigenvalue weighted by atomic mass is 16.6. The third-order valence-corrected chi connectivity index (χ3v) is 4.96. The molecule has 3 aromatic rings. The normalized spacial score (nSPS) is 17.8. The number of rotatable bonds is 4. The van der Waals surface area contributed by atoms with Gasteiger partial charge in [0.25, 0.3) is 0 Å². The van der Waals surface area contributed by atoms with E-state index in [-0.39, 0.29) is 16.5 Å². The van der Waals surface area contributed by atoms with Crippen molar-refractivity contribution < 1.29 is 9.34 Å². The van der Waals surface area contributed by atoms with Crippen LogP contribution in [-0.4, -0.2) is 32.8 Å². The molecule has 1 unspecified atom stereocenters. The van der Waals surface area contributed by atoms with Crippen LogP contribution in [0, 0.1) is 10.1 Å². The fraction of sp³-hybridized carbons (Fsp3) is 0.444. The average molecular weight is 355 g/mol. The van der Waals surface area contributed by atoms with Gasteiger partial charge in [-0.2, -0.15) is 5.10 Å². The minimum atomic E-state index is -0.315. The van der Waals surface area contributed by atoms with Crippen LogP contribution in [0.25, 0.3) is 11.1 Å². The summed E-state index contributed by atoms with van der Waals surface area (Å²) in [4.78, 5) is 18.0. The van der Waals surface area contributed by atoms with E-state index in [0.717, 1.165) is 30.5 Å². The van der Waals surface area contributed by atoms with Gasteiger partial charge in [0.1, 0.15) is 11.2 Å². The quantitative estimate of drug-likeness (QED) is 0.526. The Morgan fingerprint density at radius 1 is 1.38 bits per heavy atom. The number of hydrogen-bond donors (Lipinski definition) is 0. The van der Waals surface area contributed by atoms with Crippen LogP contribution in [0.2, 0.25) is 0 Å². The predicted molar refractivity (Wildman–Crippen MR) is 97.4 cm³/mol. The number of aromatic nitrogens is 3. The Balaban J connectivity index is 1.67. The average Bonchev–Trinajstić information content (AvgIpc) is 3.22. The fourth-order valence-corrected chi connectivity index (χ4v) is 3.77. The lowest BCUT2D eigenvalue weighted by molar-refractivity contribution is -0.384. The number of para-hydroxylation sites is 2. The molecule has 3 heterocycles. The summed E-state index contributed by atoms with van der Waals surface area (Å²) in [5, 5.41) is 16.0. The van der Waals surface area contributed by atoms with Crippen molar-refractivity contribution >= 4 is 22.6 Å². The van der Waals surface area contributed by atoms with Gasteiger partial charge in [-0.15, -0.1) is 0 Å². The molecule has 0 radical (unpaired) electrons. The molecule has 0 N–H and O–H groups in total. The molecule has 1 atom stereocenters. The Hall–Kier alpha value is -2.90. The van der Waals surface area contributed by atoms with Crippen molar-refractivity contribution in [3.05, 3.63) is 46.0 Å². The van der Waals surface area contributed by atoms with E-state index in [0.29, 0.717) is 30.4 Å². The molecule has 2 aromatic heterocycles. The maximum Gasteiger partial charge on any atom is 0.334 e. The van der Waals surface area contributed by atoms with Crippen LogP contribution in [0.4, 0.5) is 11.5 Å². The second-order valence-electron chi connectivity index (χ2n) is 6.66. The van der Waals surface area contributed by atoms with Gasteiger partial charge in [-0.1, -0.05) is 19.1 Å². The zero-order chi connectivity index (χ0) is 18.3. The largest absolute Gasteiger partial charge is 0.440 e. The molecule has 0 bridgehead atoms. The SMILES string of the molecule is CCc1nn(C)c(N2CCCC(c3nc4ccccc4o3)C2)c1[N+](=O)[O-]. The smallest absolute Gasteiger partial charge is 0.334 e. The Morgan fingerprint density at radius 2 is 2.19 bits per heavy atom. The van der Waals surface area contributed by atoms with Crippen molar-refractivity contribution in [2.75, 3.05) is 18.0 Å². The zero-order valence-electron chi connectivity index (χ0n) is 14.9. The number of benzene rings is 1. The molecule has 136 valence electrons. The summed E-state index contributed by atoms with van der Waals surface area (Å²) < 4.78 is 7.56. The first-order chi connectivity index (χ1) is 12.6. The van der Waals surface area contributed by atoms with E-state index >= 15 is 0 Å². The molecule has 1 aliphatic heterocycles. The van der Waals surface area contributed by atoms with E-state index < -0.39 is 0 Å². The number of nitrogens with zero attached hydrogens (tertiary/aromatic N) is 5. The van der Waals surface area contributed by atoms with Crippen molar-refractivity contribution in [1.82, 2.24) is 14.8 Å². The maximum absolute atomic E-state index is 11.6. The highest BCUT2D eigenvalue weighted by Gasteiger charge is 2.34. The van der Waals surface area contributed by atoms with E-state index in [1.165, 1.54) is 0 Å². The van der Waals surface area contributed by atoms with Crippen LogP contribution in [-0.2, 0) is 13.5 Å². The van der Waals surface area contributed by atoms with Crippen molar-refractivity contribution in [2.45, 2.75) is 32.1 Å². The first-order valence-electron chi connectivity index (χ1n) is 8.89. The lowest BCUT2D eigenvalue weighted by Gasteiger charge is -2.32. The van der Waals surface area contributed by atoms with Gasteiger partial charge >= 0.3 is 5.69 Å². The molecule has 4 rings (SSSR count). The molecule has 0 amide bonds. The Bertz CT molecular complexity index is 928. The van der Waals surface area contributed by atoms with Crippen molar-refractivity contribution in [1.29, 1.82) is 0 Å². The van der Waals surface area contributed by atoms with Gasteiger partial charge in [-0.3, -0.25) is 10.1 Å². The fourth-order valence-electron chi connectivity index (χ4n) is 3.77. The standard InChI is InChI=1S/C18H21N5O3/c1-3-13-16(23(24)25)18(21(2)20-13)22-10-6-7-12(11-22)17-19-14-8-4-5-9-15(14)26-17/h4-5,8-9,12H,3,6-7,10-11H2,1-2H3. The highest BCUT2D eigenvalue weighted by molar-refractivity contribution is 5.72. The minimum Gasteiger partial charge on any atom is -0.440 e. The number of piperidine rings is 1. The molecule has 1 saturated heterocycles. The second kappa shape index (κ2) is 6.44. The number of oxazole rings is 1. The van der Waals surface area contributed by atoms with Gasteiger partial charge in [0.2, 0.25) is 5.82 Å². The number of anilines is 1. The Labute approximate surface area is 150 Å². The summed E-state index contributed by atoms with van der Waals surface area (Å²) in [5.41, 5.74) is 2.27. The van der Waals surface area contributed by atoms with Gasteiger partial charge in [-0.25, -0.2) is 9.67 Å². The number of fused-ring (bicyclic) bond motifs is 1. The topological polar surface area (TPSA) is 90.2 Å². The van der Waals surface area contributed by atoms with Gasteiger partial charge in [-0.05, 0) is 31.4 Å². The van der Waals surface area contributed by atoms with Crippen LogP contribution in [0.3, 0.4) is 0 Å². The molecular formula is C18H21N5O3. The highest BCUT2D eigenvalue weighted by Crippen LogP contribution is 2.37. The molecule has 8 heteroatoms. The third-order valence-electron chi connectivity index (χ3n) is 4.96. The Morgan fingerprint density at radius 3 is 2.92 bits per heavy atom. The van der Waals surface area contributed by atoms with Crippen LogP contribution in [0.5, 0.6) is 0 Å². The maximum atomic E-state index is 11.6. The van der Waals surface area contributed by atoms with E-state index in [1.807, 2.05) is 36.1 Å². The summed E-state index contributed by atoms with van der Waals surface area (Å²) in [5.74, 6) is 1.39. The lowest BCUT2D eigenvalue weighted by atomic mass is 9.98. The van der Waals surface area contributed by atoms with Crippen LogP contribution in [0.1, 0.15) is 37.3 Å². The molecule has 8 nitrogen and oxygen atoms in total. The monoisotopic (exact) mass is 355 g/mol. The van der Waals surface area contributed by atoms with Gasteiger partial charge in [0.15, 0.2) is 11.5 Å². The summed E-state index contributed by atoms with van der Waals surface area (Å²) in [7, 11) is 1.77. The number of aryl methyl sites for hydroxylation is 2. The first kappa shape index (κ1) is 16.6. The van der Waals surface area contributed by atoms with Gasteiger partial charge in [0.05, 0.1) is 10.8 Å². The van der Waals surface area contributed by atoms with Crippen molar-refractivity contribution in [3.8, 4) is 0 Å². The molecule has 1 aliphatic rings. The van der Waals surface area contributed by atoms with E-state index in [4.69, 9.17) is 4.42 Å². The van der Waals surface area contributed by atoms with Crippen molar-refractivity contribution in [3.63, 3.8) is 0 Å². The van der Waals surface area contributed by atoms with E-state index in [9.17, 15) is 10.1 Å². The Kier molecular flexibility index (Phi) is 4.10. The van der Waals surface area contributed by atoms with E-state index in [1.54, 1.807) is 11.7 Å². The molecule has 0 spiro atoms. The van der Waals surface area contributed by atoms with Crippen molar-refractivity contribution in [2.24, 2.45) is 7.05 Å². The zero-order valence-corrected chi connectivity index (χ0v) is 14.9. The molecule has 0 saturated carbocycles. The van der Waals surface area contributed by atoms with Gasteiger partial charge in [0, 0.05) is 20.1 Å².